The van der Waals surface area contributed by atoms with Gasteiger partial charge in [0.05, 0.1) is 13.2 Å². The van der Waals surface area contributed by atoms with Crippen LogP contribution in [0.3, 0.4) is 0 Å². The van der Waals surface area contributed by atoms with E-state index in [-0.39, 0.29) is 10.0 Å². The van der Waals surface area contributed by atoms with Gasteiger partial charge in [0.1, 0.15) is 0 Å². The molecular formula is C14H14O2Si. The van der Waals surface area contributed by atoms with Crippen molar-refractivity contribution in [3.63, 3.8) is 0 Å². The molecular weight excluding hydrogens is 228 g/mol. The van der Waals surface area contributed by atoms with Gasteiger partial charge in [-0.25, -0.2) is 0 Å². The summed E-state index contributed by atoms with van der Waals surface area (Å²) in [6.07, 6.45) is 0. The van der Waals surface area contributed by atoms with E-state index in [1.54, 1.807) is 0 Å². The Morgan fingerprint density at radius 3 is 1.47 bits per heavy atom. The van der Waals surface area contributed by atoms with Crippen LogP contribution in [0.15, 0.2) is 60.7 Å². The van der Waals surface area contributed by atoms with Crippen LogP contribution in [0.1, 0.15) is 11.1 Å². The Balaban J connectivity index is 1.61. The van der Waals surface area contributed by atoms with E-state index >= 15 is 0 Å². The molecule has 0 saturated carbocycles. The third-order valence-corrected chi connectivity index (χ3v) is 2.81. The third-order valence-electron chi connectivity index (χ3n) is 2.28. The lowest BCUT2D eigenvalue weighted by Crippen LogP contribution is -2.04. The van der Waals surface area contributed by atoms with Gasteiger partial charge in [-0.1, -0.05) is 60.7 Å². The molecule has 86 valence electrons. The number of hydrogen-bond acceptors (Lipinski definition) is 2. The molecule has 0 atom stereocenters. The fraction of sp³-hybridized carbons (Fsp3) is 0.143. The van der Waals surface area contributed by atoms with Gasteiger partial charge >= 0.3 is 10.0 Å². The van der Waals surface area contributed by atoms with Crippen molar-refractivity contribution in [2.75, 3.05) is 0 Å². The van der Waals surface area contributed by atoms with Gasteiger partial charge in [0, 0.05) is 0 Å². The number of hydrogen-bond donors (Lipinski definition) is 0. The molecule has 2 nitrogen and oxygen atoms in total. The Bertz CT molecular complexity index is 375. The highest BCUT2D eigenvalue weighted by molar-refractivity contribution is 6.17. The molecule has 2 rings (SSSR count). The van der Waals surface area contributed by atoms with Crippen LogP contribution in [0.2, 0.25) is 0 Å². The zero-order valence-corrected chi connectivity index (χ0v) is 10.5. The predicted octanol–water partition coefficient (Wildman–Crippen LogP) is 2.95. The first kappa shape index (κ1) is 12.0. The largest absolute Gasteiger partial charge is 0.434 e. The maximum Gasteiger partial charge on any atom is 0.434 e. The van der Waals surface area contributed by atoms with Crippen molar-refractivity contribution in [1.82, 2.24) is 0 Å². The van der Waals surface area contributed by atoms with Gasteiger partial charge in [-0.2, -0.15) is 0 Å². The second kappa shape index (κ2) is 7.01. The molecule has 2 radical (unpaired) electrons. The smallest absolute Gasteiger partial charge is 0.388 e. The van der Waals surface area contributed by atoms with E-state index < -0.39 is 0 Å². The topological polar surface area (TPSA) is 18.5 Å². The fourth-order valence-corrected chi connectivity index (χ4v) is 1.95. The summed E-state index contributed by atoms with van der Waals surface area (Å²) in [5, 5.41) is 0. The molecule has 0 aliphatic rings. The number of rotatable bonds is 6. The Morgan fingerprint density at radius 2 is 1.06 bits per heavy atom. The second-order valence-corrected chi connectivity index (χ2v) is 4.38. The Labute approximate surface area is 104 Å². The molecule has 0 unspecified atom stereocenters. The van der Waals surface area contributed by atoms with Crippen LogP contribution in [-0.2, 0) is 22.1 Å². The molecule has 0 aromatic heterocycles. The molecule has 0 spiro atoms. The summed E-state index contributed by atoms with van der Waals surface area (Å²) in [7, 11) is 0.0833. The van der Waals surface area contributed by atoms with Gasteiger partial charge < -0.3 is 8.85 Å². The quantitative estimate of drug-likeness (QED) is 0.573. The zero-order valence-electron chi connectivity index (χ0n) is 9.50. The van der Waals surface area contributed by atoms with E-state index in [4.69, 9.17) is 8.85 Å². The van der Waals surface area contributed by atoms with Gasteiger partial charge in [0.25, 0.3) is 0 Å². The molecule has 0 aliphatic carbocycles. The molecule has 2 aromatic carbocycles. The van der Waals surface area contributed by atoms with Gasteiger partial charge in [0.2, 0.25) is 0 Å². The molecule has 0 heterocycles. The Kier molecular flexibility index (Phi) is 4.97. The van der Waals surface area contributed by atoms with E-state index in [0.29, 0.717) is 13.2 Å². The van der Waals surface area contributed by atoms with Crippen LogP contribution < -0.4 is 0 Å². The molecule has 3 heteroatoms. The first-order valence-electron chi connectivity index (χ1n) is 5.51. The third kappa shape index (κ3) is 4.52. The van der Waals surface area contributed by atoms with Crippen molar-refractivity contribution < 1.29 is 8.85 Å². The minimum atomic E-state index is 0.0833. The molecule has 0 bridgehead atoms. The van der Waals surface area contributed by atoms with Gasteiger partial charge in [-0.15, -0.1) is 0 Å². The SMILES string of the molecule is c1ccc(CO[Si]OCc2ccccc2)cc1. The van der Waals surface area contributed by atoms with Gasteiger partial charge in [0.15, 0.2) is 0 Å². The van der Waals surface area contributed by atoms with Gasteiger partial charge in [-0.05, 0) is 11.1 Å². The van der Waals surface area contributed by atoms with Crippen LogP contribution in [0.25, 0.3) is 0 Å². The molecule has 0 N–H and O–H groups in total. The summed E-state index contributed by atoms with van der Waals surface area (Å²) in [6.45, 7) is 1.21. The summed E-state index contributed by atoms with van der Waals surface area (Å²) in [5.74, 6) is 0. The highest BCUT2D eigenvalue weighted by Gasteiger charge is 1.96. The molecule has 0 saturated heterocycles. The van der Waals surface area contributed by atoms with E-state index in [0.717, 1.165) is 0 Å². The van der Waals surface area contributed by atoms with E-state index in [1.807, 2.05) is 60.7 Å². The van der Waals surface area contributed by atoms with Gasteiger partial charge in [-0.3, -0.25) is 0 Å². The average molecular weight is 242 g/mol. The lowest BCUT2D eigenvalue weighted by Gasteiger charge is -2.04. The summed E-state index contributed by atoms with van der Waals surface area (Å²) in [5.41, 5.74) is 2.34. The zero-order chi connectivity index (χ0) is 11.8. The Hall–Kier alpha value is -1.42. The van der Waals surface area contributed by atoms with Crippen LogP contribution in [0.4, 0.5) is 0 Å². The van der Waals surface area contributed by atoms with E-state index in [2.05, 4.69) is 0 Å². The summed E-state index contributed by atoms with van der Waals surface area (Å²) in [4.78, 5) is 0. The predicted molar refractivity (Wildman–Crippen MR) is 68.2 cm³/mol. The lowest BCUT2D eigenvalue weighted by atomic mass is 10.2. The molecule has 0 fully saturated rings. The minimum Gasteiger partial charge on any atom is -0.388 e. The van der Waals surface area contributed by atoms with Crippen molar-refractivity contribution in [3.05, 3.63) is 71.8 Å². The van der Waals surface area contributed by atoms with Crippen LogP contribution >= 0.6 is 0 Å². The summed E-state index contributed by atoms with van der Waals surface area (Å²) < 4.78 is 10.9. The van der Waals surface area contributed by atoms with E-state index in [1.165, 1.54) is 11.1 Å². The lowest BCUT2D eigenvalue weighted by molar-refractivity contribution is 0.207. The van der Waals surface area contributed by atoms with Crippen molar-refractivity contribution >= 4 is 10.0 Å². The van der Waals surface area contributed by atoms with Crippen molar-refractivity contribution in [1.29, 1.82) is 0 Å². The minimum absolute atomic E-state index is 0.0833. The fourth-order valence-electron chi connectivity index (χ4n) is 1.42. The summed E-state index contributed by atoms with van der Waals surface area (Å²) >= 11 is 0. The number of benzene rings is 2. The van der Waals surface area contributed by atoms with Crippen LogP contribution in [0, 0.1) is 0 Å². The first-order chi connectivity index (χ1) is 8.45. The van der Waals surface area contributed by atoms with Crippen molar-refractivity contribution in [2.24, 2.45) is 0 Å². The molecule has 17 heavy (non-hydrogen) atoms. The highest BCUT2D eigenvalue weighted by Crippen LogP contribution is 2.02. The monoisotopic (exact) mass is 242 g/mol. The summed E-state index contributed by atoms with van der Waals surface area (Å²) in [6, 6.07) is 20.2. The highest BCUT2D eigenvalue weighted by atomic mass is 28.3. The standard InChI is InChI=1S/C14H14O2Si/c1-3-7-13(8-4-1)11-15-17-16-12-14-9-5-2-6-10-14/h1-10H,11-12H2. The first-order valence-corrected chi connectivity index (χ1v) is 6.33. The maximum absolute atomic E-state index is 5.45. The molecule has 0 aliphatic heterocycles. The normalized spacial score (nSPS) is 10.4. The molecule has 0 amide bonds. The van der Waals surface area contributed by atoms with Crippen LogP contribution in [-0.4, -0.2) is 10.0 Å². The van der Waals surface area contributed by atoms with E-state index in [9.17, 15) is 0 Å². The molecule has 2 aromatic rings. The van der Waals surface area contributed by atoms with Crippen molar-refractivity contribution in [3.8, 4) is 0 Å². The average Bonchev–Trinajstić information content (AvgIpc) is 2.41. The maximum atomic E-state index is 5.45. The second-order valence-electron chi connectivity index (χ2n) is 3.63. The van der Waals surface area contributed by atoms with Crippen molar-refractivity contribution in [2.45, 2.75) is 13.2 Å². The van der Waals surface area contributed by atoms with Crippen LogP contribution in [0.5, 0.6) is 0 Å². The Morgan fingerprint density at radius 1 is 0.647 bits per heavy atom.